The van der Waals surface area contributed by atoms with E-state index in [1.807, 2.05) is 0 Å². The summed E-state index contributed by atoms with van der Waals surface area (Å²) in [4.78, 5) is 17.1. The molecule has 0 bridgehead atoms. The second-order valence-corrected chi connectivity index (χ2v) is 8.46. The average molecular weight is 324 g/mol. The molecule has 4 heteroatoms. The lowest BCUT2D eigenvalue weighted by molar-refractivity contribution is -0.122. The fourth-order valence-electron chi connectivity index (χ4n) is 4.16. The van der Waals surface area contributed by atoms with Crippen LogP contribution >= 0.6 is 0 Å². The molecule has 1 N–H and O–H groups in total. The standard InChI is InChI=1S/C19H37N3O/c1-16(2)14-19(8-5-9-19)15-20-18(23)7-6-17(3)22-12-10-21(4)11-13-22/h16-17H,5-15H2,1-4H3,(H,20,23). The predicted molar refractivity (Wildman–Crippen MR) is 96.5 cm³/mol. The molecule has 1 aliphatic carbocycles. The maximum Gasteiger partial charge on any atom is 0.220 e. The Bertz CT molecular complexity index is 371. The molecule has 1 heterocycles. The third-order valence-electron chi connectivity index (χ3n) is 5.87. The van der Waals surface area contributed by atoms with Gasteiger partial charge in [-0.15, -0.1) is 0 Å². The molecule has 1 saturated heterocycles. The molecule has 1 aliphatic heterocycles. The van der Waals surface area contributed by atoms with Gasteiger partial charge in [0.25, 0.3) is 0 Å². The van der Waals surface area contributed by atoms with Crippen LogP contribution < -0.4 is 5.32 Å². The van der Waals surface area contributed by atoms with Crippen molar-refractivity contribution in [3.8, 4) is 0 Å². The number of carbonyl (C=O) groups excluding carboxylic acids is 1. The van der Waals surface area contributed by atoms with Gasteiger partial charge in [-0.05, 0) is 51.0 Å². The van der Waals surface area contributed by atoms with Crippen molar-refractivity contribution in [3.05, 3.63) is 0 Å². The molecule has 134 valence electrons. The van der Waals surface area contributed by atoms with Crippen LogP contribution in [0.3, 0.4) is 0 Å². The van der Waals surface area contributed by atoms with Crippen LogP contribution in [-0.2, 0) is 4.79 Å². The molecule has 2 rings (SSSR count). The molecule has 0 aromatic rings. The van der Waals surface area contributed by atoms with Crippen LogP contribution in [0.15, 0.2) is 0 Å². The van der Waals surface area contributed by atoms with Crippen LogP contribution in [0.2, 0.25) is 0 Å². The van der Waals surface area contributed by atoms with Gasteiger partial charge >= 0.3 is 0 Å². The van der Waals surface area contributed by atoms with E-state index in [9.17, 15) is 4.79 Å². The van der Waals surface area contributed by atoms with Crippen LogP contribution in [0.1, 0.15) is 59.3 Å². The van der Waals surface area contributed by atoms with Crippen molar-refractivity contribution in [1.29, 1.82) is 0 Å². The van der Waals surface area contributed by atoms with E-state index in [0.29, 0.717) is 17.9 Å². The van der Waals surface area contributed by atoms with Crippen molar-refractivity contribution >= 4 is 5.91 Å². The van der Waals surface area contributed by atoms with E-state index in [1.165, 1.54) is 25.7 Å². The van der Waals surface area contributed by atoms with E-state index in [2.05, 4.69) is 42.9 Å². The first-order valence-electron chi connectivity index (χ1n) is 9.59. The quantitative estimate of drug-likeness (QED) is 0.746. The summed E-state index contributed by atoms with van der Waals surface area (Å²) >= 11 is 0. The lowest BCUT2D eigenvalue weighted by Gasteiger charge is -2.43. The largest absolute Gasteiger partial charge is 0.356 e. The molecule has 0 aromatic heterocycles. The highest BCUT2D eigenvalue weighted by Gasteiger charge is 2.37. The Balaban J connectivity index is 1.64. The zero-order chi connectivity index (χ0) is 16.9. The van der Waals surface area contributed by atoms with Crippen molar-refractivity contribution < 1.29 is 4.79 Å². The number of likely N-dealkylation sites (N-methyl/N-ethyl adjacent to an activating group) is 1. The van der Waals surface area contributed by atoms with Gasteiger partial charge in [-0.3, -0.25) is 9.69 Å². The maximum absolute atomic E-state index is 12.2. The van der Waals surface area contributed by atoms with Gasteiger partial charge < -0.3 is 10.2 Å². The Hall–Kier alpha value is -0.610. The van der Waals surface area contributed by atoms with Crippen molar-refractivity contribution in [2.45, 2.75) is 65.3 Å². The molecule has 0 spiro atoms. The van der Waals surface area contributed by atoms with Crippen molar-refractivity contribution in [2.75, 3.05) is 39.8 Å². The molecule has 1 atom stereocenters. The van der Waals surface area contributed by atoms with Crippen LogP contribution in [-0.4, -0.2) is 61.5 Å². The number of hydrogen-bond acceptors (Lipinski definition) is 3. The zero-order valence-corrected chi connectivity index (χ0v) is 15.7. The summed E-state index contributed by atoms with van der Waals surface area (Å²) < 4.78 is 0. The molecule has 0 aromatic carbocycles. The summed E-state index contributed by atoms with van der Waals surface area (Å²) in [5, 5.41) is 3.23. The number of hydrogen-bond donors (Lipinski definition) is 1. The molecule has 1 amide bonds. The number of amides is 1. The van der Waals surface area contributed by atoms with E-state index in [1.54, 1.807) is 0 Å². The summed E-state index contributed by atoms with van der Waals surface area (Å²) in [5.74, 6) is 0.977. The molecule has 23 heavy (non-hydrogen) atoms. The molecule has 1 saturated carbocycles. The monoisotopic (exact) mass is 323 g/mol. The van der Waals surface area contributed by atoms with Gasteiger partial charge in [0.05, 0.1) is 0 Å². The molecule has 1 unspecified atom stereocenters. The highest BCUT2D eigenvalue weighted by atomic mass is 16.1. The summed E-state index contributed by atoms with van der Waals surface area (Å²) in [6.07, 6.45) is 6.83. The van der Waals surface area contributed by atoms with Crippen molar-refractivity contribution in [3.63, 3.8) is 0 Å². The first-order valence-corrected chi connectivity index (χ1v) is 9.59. The molecular formula is C19H37N3O. The fraction of sp³-hybridized carbons (Fsp3) is 0.947. The maximum atomic E-state index is 12.2. The van der Waals surface area contributed by atoms with E-state index >= 15 is 0 Å². The molecular weight excluding hydrogens is 286 g/mol. The minimum atomic E-state index is 0.251. The van der Waals surface area contributed by atoms with Gasteiger partial charge in [0, 0.05) is 45.2 Å². The van der Waals surface area contributed by atoms with E-state index in [-0.39, 0.29) is 5.91 Å². The molecule has 2 aliphatic rings. The first kappa shape index (κ1) is 18.7. The topological polar surface area (TPSA) is 35.6 Å². The highest BCUT2D eigenvalue weighted by Crippen LogP contribution is 2.45. The lowest BCUT2D eigenvalue weighted by Crippen LogP contribution is -2.48. The van der Waals surface area contributed by atoms with E-state index in [4.69, 9.17) is 0 Å². The SMILES string of the molecule is CC(C)CC1(CNC(=O)CCC(C)N2CCN(C)CC2)CCC1. The summed E-state index contributed by atoms with van der Waals surface area (Å²) in [6.45, 7) is 12.3. The minimum Gasteiger partial charge on any atom is -0.356 e. The third-order valence-corrected chi connectivity index (χ3v) is 5.87. The fourth-order valence-corrected chi connectivity index (χ4v) is 4.16. The number of rotatable bonds is 8. The number of nitrogens with zero attached hydrogens (tertiary/aromatic N) is 2. The van der Waals surface area contributed by atoms with Gasteiger partial charge in [0.1, 0.15) is 0 Å². The van der Waals surface area contributed by atoms with E-state index < -0.39 is 0 Å². The van der Waals surface area contributed by atoms with Gasteiger partial charge in [-0.1, -0.05) is 20.3 Å². The first-order chi connectivity index (χ1) is 10.9. The van der Waals surface area contributed by atoms with Crippen LogP contribution in [0.4, 0.5) is 0 Å². The summed E-state index contributed by atoms with van der Waals surface area (Å²) in [7, 11) is 2.18. The summed E-state index contributed by atoms with van der Waals surface area (Å²) in [5.41, 5.74) is 0.410. The van der Waals surface area contributed by atoms with E-state index in [0.717, 1.165) is 45.1 Å². The Kier molecular flexibility index (Phi) is 6.90. The second kappa shape index (κ2) is 8.48. The highest BCUT2D eigenvalue weighted by molar-refractivity contribution is 5.75. The normalized spacial score (nSPS) is 23.5. The van der Waals surface area contributed by atoms with Crippen molar-refractivity contribution in [1.82, 2.24) is 15.1 Å². The smallest absolute Gasteiger partial charge is 0.220 e. The second-order valence-electron chi connectivity index (χ2n) is 8.46. The van der Waals surface area contributed by atoms with Gasteiger partial charge in [0.15, 0.2) is 0 Å². The number of piperazine rings is 1. The van der Waals surface area contributed by atoms with Crippen LogP contribution in [0.5, 0.6) is 0 Å². The lowest BCUT2D eigenvalue weighted by atomic mass is 9.64. The number of nitrogens with one attached hydrogen (secondary N) is 1. The van der Waals surface area contributed by atoms with Gasteiger partial charge in [0.2, 0.25) is 5.91 Å². The minimum absolute atomic E-state index is 0.251. The predicted octanol–water partition coefficient (Wildman–Crippen LogP) is 2.74. The van der Waals surface area contributed by atoms with Gasteiger partial charge in [-0.25, -0.2) is 0 Å². The van der Waals surface area contributed by atoms with Gasteiger partial charge in [-0.2, -0.15) is 0 Å². The number of carbonyl (C=O) groups is 1. The zero-order valence-electron chi connectivity index (χ0n) is 15.7. The Morgan fingerprint density at radius 1 is 1.13 bits per heavy atom. The van der Waals surface area contributed by atoms with Crippen LogP contribution in [0, 0.1) is 11.3 Å². The van der Waals surface area contributed by atoms with Crippen molar-refractivity contribution in [2.24, 2.45) is 11.3 Å². The Labute approximate surface area is 143 Å². The Morgan fingerprint density at radius 3 is 2.30 bits per heavy atom. The molecule has 0 radical (unpaired) electrons. The van der Waals surface area contributed by atoms with Crippen LogP contribution in [0.25, 0.3) is 0 Å². The molecule has 2 fully saturated rings. The average Bonchev–Trinajstić information content (AvgIpc) is 2.47. The third kappa shape index (κ3) is 5.75. The molecule has 4 nitrogen and oxygen atoms in total. The Morgan fingerprint density at radius 2 is 1.78 bits per heavy atom. The summed E-state index contributed by atoms with van der Waals surface area (Å²) in [6, 6.07) is 0.516.